The number of hydrazine groups is 1. The van der Waals surface area contributed by atoms with Crippen LogP contribution in [0.25, 0.3) is 0 Å². The van der Waals surface area contributed by atoms with Gasteiger partial charge in [-0.15, -0.1) is 16.2 Å². The van der Waals surface area contributed by atoms with Gasteiger partial charge < -0.3 is 9.61 Å². The number of hydrogen-bond donors (Lipinski definition) is 3. The summed E-state index contributed by atoms with van der Waals surface area (Å²) in [6, 6.07) is 9.33. The molecule has 0 spiro atoms. The predicted molar refractivity (Wildman–Crippen MR) is 140 cm³/mol. The van der Waals surface area contributed by atoms with Crippen molar-refractivity contribution in [2.45, 2.75) is 77.6 Å². The molecule has 1 atom stereocenters. The Morgan fingerprint density at radius 2 is 1.52 bits per heavy atom. The average Bonchev–Trinajstić information content (AvgIpc) is 3.21. The zero-order valence-corrected chi connectivity index (χ0v) is 22.0. The van der Waals surface area contributed by atoms with Crippen molar-refractivity contribution >= 4 is 43.3 Å². The molecule has 186 valence electrons. The van der Waals surface area contributed by atoms with E-state index >= 15 is 0 Å². The van der Waals surface area contributed by atoms with Gasteiger partial charge in [-0.25, -0.2) is 8.42 Å². The van der Waals surface area contributed by atoms with Gasteiger partial charge in [0.2, 0.25) is 10.0 Å². The highest BCUT2D eigenvalue weighted by Gasteiger charge is 2.10. The number of unbranched alkanes of at least 4 members (excludes halogenated alkanes) is 9. The van der Waals surface area contributed by atoms with Gasteiger partial charge in [0.15, 0.2) is 0 Å². The van der Waals surface area contributed by atoms with E-state index in [0.29, 0.717) is 16.4 Å². The molecule has 0 aliphatic rings. The van der Waals surface area contributed by atoms with E-state index in [1.165, 1.54) is 81.1 Å². The molecule has 10 heteroatoms. The predicted octanol–water partition coefficient (Wildman–Crippen LogP) is 6.16. The molecule has 1 heterocycles. The molecule has 0 amide bonds. The van der Waals surface area contributed by atoms with Gasteiger partial charge in [0, 0.05) is 0 Å². The highest BCUT2D eigenvalue weighted by atomic mass is 32.2. The second-order valence-electron chi connectivity index (χ2n) is 8.16. The number of anilines is 2. The summed E-state index contributed by atoms with van der Waals surface area (Å²) in [7, 11) is -3.41. The van der Waals surface area contributed by atoms with Crippen LogP contribution in [-0.4, -0.2) is 18.9 Å². The number of rotatable bonds is 18. The molecular formula is C23H37N3O4S3. The summed E-state index contributed by atoms with van der Waals surface area (Å²) >= 11 is -0.532. The normalized spacial score (nSPS) is 12.4. The van der Waals surface area contributed by atoms with Crippen LogP contribution in [0.1, 0.15) is 76.7 Å². The van der Waals surface area contributed by atoms with Gasteiger partial charge in [0.25, 0.3) is 0 Å². The first-order valence-electron chi connectivity index (χ1n) is 11.6. The third-order valence-corrected chi connectivity index (χ3v) is 7.27. The molecule has 2 rings (SSSR count). The van der Waals surface area contributed by atoms with Gasteiger partial charge in [0.05, 0.1) is 11.9 Å². The van der Waals surface area contributed by atoms with Crippen molar-refractivity contribution in [1.29, 1.82) is 0 Å². The lowest BCUT2D eigenvalue weighted by Gasteiger charge is -2.10. The van der Waals surface area contributed by atoms with Gasteiger partial charge in [0.1, 0.15) is 10.8 Å². The fourth-order valence-electron chi connectivity index (χ4n) is 3.35. The van der Waals surface area contributed by atoms with Crippen molar-refractivity contribution in [3.05, 3.63) is 41.3 Å². The largest absolute Gasteiger partial charge is 0.385 e. The van der Waals surface area contributed by atoms with E-state index in [0.717, 1.165) is 12.7 Å². The number of benzene rings is 1. The Bertz CT molecular complexity index is 931. The van der Waals surface area contributed by atoms with E-state index in [1.54, 1.807) is 11.4 Å². The highest BCUT2D eigenvalue weighted by molar-refractivity contribution is 7.88. The van der Waals surface area contributed by atoms with Gasteiger partial charge in [-0.05, 0) is 42.0 Å². The zero-order valence-electron chi connectivity index (χ0n) is 19.6. The maximum Gasteiger partial charge on any atom is 0.316 e. The third kappa shape index (κ3) is 12.4. The van der Waals surface area contributed by atoms with Crippen LogP contribution < -0.4 is 19.2 Å². The lowest BCUT2D eigenvalue weighted by atomic mass is 10.0. The van der Waals surface area contributed by atoms with E-state index in [4.69, 9.17) is 4.18 Å². The third-order valence-electron chi connectivity index (χ3n) is 5.13. The Kier molecular flexibility index (Phi) is 12.8. The summed E-state index contributed by atoms with van der Waals surface area (Å²) in [6.45, 7) is 2.25. The van der Waals surface area contributed by atoms with Crippen molar-refractivity contribution in [2.75, 3.05) is 16.4 Å². The van der Waals surface area contributed by atoms with Crippen molar-refractivity contribution in [2.24, 2.45) is 0 Å². The van der Waals surface area contributed by atoms with Crippen molar-refractivity contribution in [1.82, 2.24) is 4.83 Å². The molecule has 33 heavy (non-hydrogen) atoms. The minimum atomic E-state index is -3.41. The van der Waals surface area contributed by atoms with Crippen LogP contribution >= 0.6 is 11.3 Å². The Labute approximate surface area is 205 Å². The molecule has 3 N–H and O–H groups in total. The first kappa shape index (κ1) is 27.6. The molecule has 0 radical (unpaired) electrons. The van der Waals surface area contributed by atoms with Crippen LogP contribution in [0.15, 0.2) is 35.7 Å². The molecule has 0 aliphatic carbocycles. The van der Waals surface area contributed by atoms with Crippen molar-refractivity contribution in [3.8, 4) is 5.75 Å². The van der Waals surface area contributed by atoms with Crippen LogP contribution in [-0.2, 0) is 27.7 Å². The van der Waals surface area contributed by atoms with Gasteiger partial charge in [-0.1, -0.05) is 76.8 Å². The Morgan fingerprint density at radius 1 is 0.909 bits per heavy atom. The summed E-state index contributed by atoms with van der Waals surface area (Å²) in [4.78, 5) is 2.18. The van der Waals surface area contributed by atoms with Gasteiger partial charge in [-0.2, -0.15) is 4.21 Å². The lowest BCUT2D eigenvalue weighted by Crippen LogP contribution is -2.28. The number of hydrogen-bond acceptors (Lipinski definition) is 6. The molecular weight excluding hydrogens is 478 g/mol. The molecule has 0 aliphatic heterocycles. The SMILES string of the molecule is CCCCCCCCCCCCc1ccc(OS(=O)Nc2sccc2NNS(C)(=O)=O)cc1. The van der Waals surface area contributed by atoms with Gasteiger partial charge >= 0.3 is 11.3 Å². The summed E-state index contributed by atoms with van der Waals surface area (Å²) in [6.07, 6.45) is 15.3. The molecule has 1 unspecified atom stereocenters. The van der Waals surface area contributed by atoms with Crippen LogP contribution in [0.2, 0.25) is 0 Å². The minimum Gasteiger partial charge on any atom is -0.385 e. The van der Waals surface area contributed by atoms with E-state index in [-0.39, 0.29) is 0 Å². The zero-order chi connectivity index (χ0) is 23.9. The summed E-state index contributed by atoms with van der Waals surface area (Å²) in [5, 5.41) is 2.25. The molecule has 2 aromatic rings. The fourth-order valence-corrected chi connectivity index (χ4v) is 5.21. The van der Waals surface area contributed by atoms with Crippen LogP contribution in [0.3, 0.4) is 0 Å². The van der Waals surface area contributed by atoms with E-state index in [1.807, 2.05) is 24.3 Å². The van der Waals surface area contributed by atoms with Crippen LogP contribution in [0, 0.1) is 0 Å². The number of aryl methyl sites for hydroxylation is 1. The molecule has 1 aromatic heterocycles. The Hall–Kier alpha value is -1.62. The molecule has 0 saturated carbocycles. The maximum atomic E-state index is 12.3. The number of thiophene rings is 1. The monoisotopic (exact) mass is 515 g/mol. The van der Waals surface area contributed by atoms with E-state index in [9.17, 15) is 12.6 Å². The quantitative estimate of drug-likeness (QED) is 0.163. The summed E-state index contributed by atoms with van der Waals surface area (Å²) in [5.41, 5.74) is 4.29. The highest BCUT2D eigenvalue weighted by Crippen LogP contribution is 2.29. The fraction of sp³-hybridized carbons (Fsp3) is 0.565. The standard InChI is InChI=1S/C23H37N3O4S3/c1-3-4-5-6-7-8-9-10-11-12-13-20-14-16-21(17-15-20)30-32(27)25-23-22(18-19-31-23)24-26-33(2,28)29/h14-19,24-26H,3-13H2,1-2H3. The van der Waals surface area contributed by atoms with Crippen LogP contribution in [0.5, 0.6) is 5.75 Å². The Balaban J connectivity index is 1.64. The maximum absolute atomic E-state index is 12.3. The van der Waals surface area contributed by atoms with Gasteiger partial charge in [-0.3, -0.25) is 4.72 Å². The summed E-state index contributed by atoms with van der Waals surface area (Å²) < 4.78 is 42.9. The second-order valence-corrected chi connectivity index (χ2v) is 11.7. The molecule has 1 aromatic carbocycles. The smallest absolute Gasteiger partial charge is 0.316 e. The first-order chi connectivity index (χ1) is 15.9. The second kappa shape index (κ2) is 15.3. The number of sulfonamides is 1. The minimum absolute atomic E-state index is 0.467. The van der Waals surface area contributed by atoms with E-state index in [2.05, 4.69) is 21.9 Å². The number of nitrogens with one attached hydrogen (secondary N) is 3. The molecule has 0 bridgehead atoms. The average molecular weight is 516 g/mol. The Morgan fingerprint density at radius 3 is 2.12 bits per heavy atom. The van der Waals surface area contributed by atoms with Crippen molar-refractivity contribution in [3.63, 3.8) is 0 Å². The van der Waals surface area contributed by atoms with Crippen molar-refractivity contribution < 1.29 is 16.8 Å². The van der Waals surface area contributed by atoms with Crippen LogP contribution in [0.4, 0.5) is 10.7 Å². The summed E-state index contributed by atoms with van der Waals surface area (Å²) in [5.74, 6) is 0.507. The first-order valence-corrected chi connectivity index (χ1v) is 15.5. The molecule has 7 nitrogen and oxygen atoms in total. The topological polar surface area (TPSA) is 96.5 Å². The molecule has 0 fully saturated rings. The lowest BCUT2D eigenvalue weighted by molar-refractivity contribution is 0.556. The molecule has 0 saturated heterocycles. The van der Waals surface area contributed by atoms with E-state index < -0.39 is 21.3 Å².